The Morgan fingerprint density at radius 2 is 1.70 bits per heavy atom. The standard InChI is InChI=1S/C18H24O2/c1-20-18-8-6-14(7-9-18)16-5-4-15-10-13(12-19)2-3-17(15)11-16/h6-9,12-13,15-17H,2-5,10-11H2,1H3. The monoisotopic (exact) mass is 272 g/mol. The highest BCUT2D eigenvalue weighted by Crippen LogP contribution is 2.47. The third-order valence-electron chi connectivity index (χ3n) is 5.43. The Balaban J connectivity index is 1.65. The minimum atomic E-state index is 0.341. The van der Waals surface area contributed by atoms with Crippen molar-refractivity contribution >= 4 is 6.29 Å². The second-order valence-corrected chi connectivity index (χ2v) is 6.51. The molecule has 0 heterocycles. The first-order chi connectivity index (χ1) is 9.80. The summed E-state index contributed by atoms with van der Waals surface area (Å²) in [6.45, 7) is 0. The van der Waals surface area contributed by atoms with Crippen molar-refractivity contribution in [1.82, 2.24) is 0 Å². The average molecular weight is 272 g/mol. The van der Waals surface area contributed by atoms with Crippen LogP contribution in [0, 0.1) is 17.8 Å². The summed E-state index contributed by atoms with van der Waals surface area (Å²) in [5.41, 5.74) is 1.46. The highest BCUT2D eigenvalue weighted by atomic mass is 16.5. The molecular weight excluding hydrogens is 248 g/mol. The van der Waals surface area contributed by atoms with E-state index in [1.807, 2.05) is 0 Å². The molecule has 2 heteroatoms. The Kier molecular flexibility index (Phi) is 4.09. The molecule has 0 N–H and O–H groups in total. The molecule has 1 aromatic rings. The van der Waals surface area contributed by atoms with Gasteiger partial charge >= 0.3 is 0 Å². The summed E-state index contributed by atoms with van der Waals surface area (Å²) in [6.07, 6.45) is 8.57. The van der Waals surface area contributed by atoms with Gasteiger partial charge < -0.3 is 9.53 Å². The van der Waals surface area contributed by atoms with Crippen molar-refractivity contribution in [2.24, 2.45) is 17.8 Å². The van der Waals surface area contributed by atoms with Gasteiger partial charge in [-0.05, 0) is 74.0 Å². The first-order valence-electron chi connectivity index (χ1n) is 7.89. The van der Waals surface area contributed by atoms with Gasteiger partial charge in [0.1, 0.15) is 12.0 Å². The van der Waals surface area contributed by atoms with Gasteiger partial charge in [-0.1, -0.05) is 12.1 Å². The van der Waals surface area contributed by atoms with Crippen LogP contribution in [-0.4, -0.2) is 13.4 Å². The summed E-state index contributed by atoms with van der Waals surface area (Å²) in [5.74, 6) is 3.62. The van der Waals surface area contributed by atoms with Crippen molar-refractivity contribution in [3.8, 4) is 5.75 Å². The fourth-order valence-electron chi connectivity index (χ4n) is 4.23. The third kappa shape index (κ3) is 2.74. The van der Waals surface area contributed by atoms with E-state index in [1.165, 1.54) is 37.5 Å². The van der Waals surface area contributed by atoms with Crippen LogP contribution in [0.3, 0.4) is 0 Å². The van der Waals surface area contributed by atoms with Gasteiger partial charge in [0.05, 0.1) is 7.11 Å². The summed E-state index contributed by atoms with van der Waals surface area (Å²) in [5, 5.41) is 0. The molecule has 0 radical (unpaired) electrons. The second-order valence-electron chi connectivity index (χ2n) is 6.51. The molecule has 108 valence electrons. The fraction of sp³-hybridized carbons (Fsp3) is 0.611. The largest absolute Gasteiger partial charge is 0.497 e. The molecule has 0 bridgehead atoms. The van der Waals surface area contributed by atoms with Crippen LogP contribution < -0.4 is 4.74 Å². The summed E-state index contributed by atoms with van der Waals surface area (Å²) >= 11 is 0. The van der Waals surface area contributed by atoms with E-state index in [4.69, 9.17) is 4.74 Å². The van der Waals surface area contributed by atoms with Gasteiger partial charge in [-0.2, -0.15) is 0 Å². The normalized spacial score (nSPS) is 33.2. The summed E-state index contributed by atoms with van der Waals surface area (Å²) in [6, 6.07) is 8.59. The lowest BCUT2D eigenvalue weighted by molar-refractivity contribution is -0.113. The zero-order chi connectivity index (χ0) is 13.9. The van der Waals surface area contributed by atoms with E-state index in [0.29, 0.717) is 11.8 Å². The van der Waals surface area contributed by atoms with Crippen LogP contribution in [0.15, 0.2) is 24.3 Å². The number of benzene rings is 1. The number of rotatable bonds is 3. The van der Waals surface area contributed by atoms with Crippen LogP contribution >= 0.6 is 0 Å². The molecule has 0 amide bonds. The van der Waals surface area contributed by atoms with Crippen molar-refractivity contribution in [1.29, 1.82) is 0 Å². The Labute approximate surface area is 121 Å². The van der Waals surface area contributed by atoms with E-state index in [-0.39, 0.29) is 0 Å². The Bertz CT molecular complexity index is 451. The van der Waals surface area contributed by atoms with Gasteiger partial charge in [-0.15, -0.1) is 0 Å². The second kappa shape index (κ2) is 5.99. The van der Waals surface area contributed by atoms with Crippen LogP contribution in [0.4, 0.5) is 0 Å². The Hall–Kier alpha value is -1.31. The van der Waals surface area contributed by atoms with E-state index in [0.717, 1.165) is 30.4 Å². The Morgan fingerprint density at radius 3 is 2.40 bits per heavy atom. The molecule has 0 spiro atoms. The first-order valence-corrected chi connectivity index (χ1v) is 7.89. The lowest BCUT2D eigenvalue weighted by atomic mass is 9.64. The highest BCUT2D eigenvalue weighted by Gasteiger charge is 2.35. The first kappa shape index (κ1) is 13.7. The van der Waals surface area contributed by atoms with Crippen molar-refractivity contribution in [2.75, 3.05) is 7.11 Å². The number of carbonyl (C=O) groups is 1. The molecule has 0 aliphatic heterocycles. The van der Waals surface area contributed by atoms with Crippen LogP contribution in [0.1, 0.15) is 50.0 Å². The molecule has 2 aliphatic carbocycles. The molecule has 2 aliphatic rings. The van der Waals surface area contributed by atoms with Crippen LogP contribution in [0.5, 0.6) is 5.75 Å². The SMILES string of the molecule is COc1ccc(C2CCC3CC(C=O)CCC3C2)cc1. The van der Waals surface area contributed by atoms with E-state index in [1.54, 1.807) is 7.11 Å². The molecule has 4 unspecified atom stereocenters. The molecule has 2 nitrogen and oxygen atoms in total. The molecule has 2 fully saturated rings. The van der Waals surface area contributed by atoms with Crippen molar-refractivity contribution in [3.63, 3.8) is 0 Å². The van der Waals surface area contributed by atoms with Crippen LogP contribution in [-0.2, 0) is 4.79 Å². The predicted molar refractivity (Wildman–Crippen MR) is 80.0 cm³/mol. The summed E-state index contributed by atoms with van der Waals surface area (Å²) in [4.78, 5) is 11.0. The summed E-state index contributed by atoms with van der Waals surface area (Å²) < 4.78 is 5.23. The van der Waals surface area contributed by atoms with Crippen LogP contribution in [0.2, 0.25) is 0 Å². The zero-order valence-corrected chi connectivity index (χ0v) is 12.3. The molecule has 4 atom stereocenters. The molecule has 0 saturated heterocycles. The maximum absolute atomic E-state index is 11.0. The minimum absolute atomic E-state index is 0.341. The molecule has 0 aromatic heterocycles. The third-order valence-corrected chi connectivity index (χ3v) is 5.43. The maximum Gasteiger partial charge on any atom is 0.123 e. The number of fused-ring (bicyclic) bond motifs is 1. The molecular formula is C18H24O2. The number of ether oxygens (including phenoxy) is 1. The number of aldehydes is 1. The smallest absolute Gasteiger partial charge is 0.123 e. The number of methoxy groups -OCH3 is 1. The topological polar surface area (TPSA) is 26.3 Å². The summed E-state index contributed by atoms with van der Waals surface area (Å²) in [7, 11) is 1.71. The maximum atomic E-state index is 11.0. The Morgan fingerprint density at radius 1 is 1.00 bits per heavy atom. The van der Waals surface area contributed by atoms with Gasteiger partial charge in [0.15, 0.2) is 0 Å². The highest BCUT2D eigenvalue weighted by molar-refractivity contribution is 5.53. The molecule has 2 saturated carbocycles. The van der Waals surface area contributed by atoms with Gasteiger partial charge in [-0.25, -0.2) is 0 Å². The number of hydrogen-bond acceptors (Lipinski definition) is 2. The van der Waals surface area contributed by atoms with Gasteiger partial charge in [0, 0.05) is 5.92 Å². The predicted octanol–water partition coefficient (Wildman–Crippen LogP) is 4.19. The number of carbonyl (C=O) groups excluding carboxylic acids is 1. The average Bonchev–Trinajstić information content (AvgIpc) is 2.54. The van der Waals surface area contributed by atoms with E-state index < -0.39 is 0 Å². The zero-order valence-electron chi connectivity index (χ0n) is 12.3. The molecule has 1 aromatic carbocycles. The minimum Gasteiger partial charge on any atom is -0.497 e. The lowest BCUT2D eigenvalue weighted by Crippen LogP contribution is -2.30. The van der Waals surface area contributed by atoms with Crippen molar-refractivity contribution in [3.05, 3.63) is 29.8 Å². The van der Waals surface area contributed by atoms with Gasteiger partial charge in [-0.3, -0.25) is 0 Å². The van der Waals surface area contributed by atoms with Crippen molar-refractivity contribution in [2.45, 2.75) is 44.4 Å². The van der Waals surface area contributed by atoms with Gasteiger partial charge in [0.2, 0.25) is 0 Å². The van der Waals surface area contributed by atoms with E-state index >= 15 is 0 Å². The quantitative estimate of drug-likeness (QED) is 0.771. The number of hydrogen-bond donors (Lipinski definition) is 0. The van der Waals surface area contributed by atoms with E-state index in [2.05, 4.69) is 24.3 Å². The molecule has 20 heavy (non-hydrogen) atoms. The van der Waals surface area contributed by atoms with Gasteiger partial charge in [0.25, 0.3) is 0 Å². The van der Waals surface area contributed by atoms with E-state index in [9.17, 15) is 4.79 Å². The lowest BCUT2D eigenvalue weighted by Gasteiger charge is -2.41. The fourth-order valence-corrected chi connectivity index (χ4v) is 4.23. The molecule has 3 rings (SSSR count). The van der Waals surface area contributed by atoms with Crippen LogP contribution in [0.25, 0.3) is 0 Å². The van der Waals surface area contributed by atoms with Crippen molar-refractivity contribution < 1.29 is 9.53 Å².